The number of nitrogens with zero attached hydrogens (tertiary/aromatic N) is 3. The van der Waals surface area contributed by atoms with Crippen molar-refractivity contribution in [3.63, 3.8) is 0 Å². The molecule has 1 aliphatic rings. The Morgan fingerprint density at radius 2 is 1.85 bits per heavy atom. The van der Waals surface area contributed by atoms with Crippen molar-refractivity contribution in [2.24, 2.45) is 5.92 Å². The lowest BCUT2D eigenvalue weighted by Crippen LogP contribution is -2.40. The summed E-state index contributed by atoms with van der Waals surface area (Å²) in [6, 6.07) is 15.7. The van der Waals surface area contributed by atoms with Gasteiger partial charge in [-0.25, -0.2) is 4.98 Å². The van der Waals surface area contributed by atoms with Gasteiger partial charge >= 0.3 is 0 Å². The van der Waals surface area contributed by atoms with E-state index in [1.165, 1.54) is 0 Å². The van der Waals surface area contributed by atoms with Gasteiger partial charge in [0.2, 0.25) is 0 Å². The van der Waals surface area contributed by atoms with Crippen LogP contribution in [0.1, 0.15) is 28.9 Å². The number of hydrogen-bond donors (Lipinski definition) is 1. The van der Waals surface area contributed by atoms with E-state index in [9.17, 15) is 4.79 Å². The standard InChI is InChI=1S/C21H28N4O/c1-24(2)20-10-6-9-19(23-20)16-22-15-17-11-13-25(14-12-17)21(26)18-7-4-3-5-8-18/h3-10,17,22H,11-16H2,1-2H3. The maximum Gasteiger partial charge on any atom is 0.253 e. The van der Waals surface area contributed by atoms with Gasteiger partial charge in [0.05, 0.1) is 5.69 Å². The smallest absolute Gasteiger partial charge is 0.253 e. The minimum absolute atomic E-state index is 0.154. The summed E-state index contributed by atoms with van der Waals surface area (Å²) in [6.07, 6.45) is 2.10. The van der Waals surface area contributed by atoms with Crippen LogP contribution in [0, 0.1) is 5.92 Å². The second kappa shape index (κ2) is 8.81. The number of hydrogen-bond acceptors (Lipinski definition) is 4. The molecule has 1 aromatic carbocycles. The average Bonchev–Trinajstić information content (AvgIpc) is 2.69. The predicted octanol–water partition coefficient (Wildman–Crippen LogP) is 2.79. The molecule has 26 heavy (non-hydrogen) atoms. The van der Waals surface area contributed by atoms with Gasteiger partial charge in [0, 0.05) is 39.3 Å². The zero-order chi connectivity index (χ0) is 18.4. The Labute approximate surface area is 156 Å². The van der Waals surface area contributed by atoms with Gasteiger partial charge in [0.15, 0.2) is 0 Å². The summed E-state index contributed by atoms with van der Waals surface area (Å²) in [4.78, 5) is 21.1. The molecule has 0 saturated carbocycles. The van der Waals surface area contributed by atoms with Crippen LogP contribution in [-0.4, -0.2) is 49.5 Å². The van der Waals surface area contributed by atoms with Crippen molar-refractivity contribution >= 4 is 11.7 Å². The van der Waals surface area contributed by atoms with Crippen LogP contribution in [0.5, 0.6) is 0 Å². The zero-order valence-electron chi connectivity index (χ0n) is 15.7. The summed E-state index contributed by atoms with van der Waals surface area (Å²) in [5.74, 6) is 1.76. The first-order chi connectivity index (χ1) is 12.6. The minimum atomic E-state index is 0.154. The number of carbonyl (C=O) groups excluding carboxylic acids is 1. The van der Waals surface area contributed by atoms with E-state index in [0.717, 1.165) is 56.1 Å². The average molecular weight is 352 g/mol. The van der Waals surface area contributed by atoms with E-state index in [-0.39, 0.29) is 5.91 Å². The Bertz CT molecular complexity index is 709. The van der Waals surface area contributed by atoms with Crippen molar-refractivity contribution in [3.8, 4) is 0 Å². The van der Waals surface area contributed by atoms with Crippen LogP contribution >= 0.6 is 0 Å². The molecule has 1 amide bonds. The van der Waals surface area contributed by atoms with Crippen molar-refractivity contribution in [2.45, 2.75) is 19.4 Å². The molecule has 1 aliphatic heterocycles. The minimum Gasteiger partial charge on any atom is -0.363 e. The van der Waals surface area contributed by atoms with E-state index in [1.807, 2.05) is 66.4 Å². The maximum absolute atomic E-state index is 12.5. The molecule has 0 unspecified atom stereocenters. The molecule has 0 aliphatic carbocycles. The Kier molecular flexibility index (Phi) is 6.23. The number of nitrogens with one attached hydrogen (secondary N) is 1. The number of rotatable bonds is 6. The first kappa shape index (κ1) is 18.4. The summed E-state index contributed by atoms with van der Waals surface area (Å²) in [6.45, 7) is 3.44. The number of piperidine rings is 1. The summed E-state index contributed by atoms with van der Waals surface area (Å²) in [5.41, 5.74) is 1.85. The monoisotopic (exact) mass is 352 g/mol. The fourth-order valence-electron chi connectivity index (χ4n) is 3.32. The summed E-state index contributed by atoms with van der Waals surface area (Å²) in [5, 5.41) is 3.53. The van der Waals surface area contributed by atoms with Gasteiger partial charge in [-0.1, -0.05) is 24.3 Å². The normalized spacial score (nSPS) is 15.1. The van der Waals surface area contributed by atoms with E-state index < -0.39 is 0 Å². The Morgan fingerprint density at radius 1 is 1.12 bits per heavy atom. The summed E-state index contributed by atoms with van der Waals surface area (Å²) < 4.78 is 0. The van der Waals surface area contributed by atoms with Crippen LogP contribution in [-0.2, 0) is 6.54 Å². The third kappa shape index (κ3) is 4.82. The van der Waals surface area contributed by atoms with Crippen molar-refractivity contribution in [1.29, 1.82) is 0 Å². The number of carbonyl (C=O) groups is 1. The number of likely N-dealkylation sites (tertiary alicyclic amines) is 1. The highest BCUT2D eigenvalue weighted by molar-refractivity contribution is 5.94. The third-order valence-corrected chi connectivity index (χ3v) is 4.91. The molecule has 0 atom stereocenters. The van der Waals surface area contributed by atoms with Gasteiger partial charge in [-0.2, -0.15) is 0 Å². The molecule has 0 spiro atoms. The molecule has 3 rings (SSSR count). The van der Waals surface area contributed by atoms with Gasteiger partial charge in [-0.15, -0.1) is 0 Å². The number of pyridine rings is 1. The van der Waals surface area contributed by atoms with Gasteiger partial charge in [-0.05, 0) is 49.6 Å². The SMILES string of the molecule is CN(C)c1cccc(CNCC2CCN(C(=O)c3ccccc3)CC2)n1. The van der Waals surface area contributed by atoms with E-state index >= 15 is 0 Å². The van der Waals surface area contributed by atoms with Crippen LogP contribution in [0.2, 0.25) is 0 Å². The van der Waals surface area contributed by atoms with Crippen molar-refractivity contribution in [2.75, 3.05) is 38.6 Å². The lowest BCUT2D eigenvalue weighted by Gasteiger charge is -2.32. The molecule has 5 nitrogen and oxygen atoms in total. The summed E-state index contributed by atoms with van der Waals surface area (Å²) >= 11 is 0. The van der Waals surface area contributed by atoms with Gasteiger partial charge in [0.1, 0.15) is 5.82 Å². The molecular formula is C21H28N4O. The lowest BCUT2D eigenvalue weighted by atomic mass is 9.96. The highest BCUT2D eigenvalue weighted by atomic mass is 16.2. The quantitative estimate of drug-likeness (QED) is 0.868. The molecule has 2 heterocycles. The van der Waals surface area contributed by atoms with Gasteiger partial charge in [0.25, 0.3) is 5.91 Å². The number of benzene rings is 1. The van der Waals surface area contributed by atoms with Crippen molar-refractivity contribution in [3.05, 3.63) is 59.8 Å². The lowest BCUT2D eigenvalue weighted by molar-refractivity contribution is 0.0690. The molecule has 0 radical (unpaired) electrons. The molecule has 1 saturated heterocycles. The first-order valence-corrected chi connectivity index (χ1v) is 9.32. The Balaban J connectivity index is 1.42. The maximum atomic E-state index is 12.5. The highest BCUT2D eigenvalue weighted by Crippen LogP contribution is 2.18. The molecule has 1 N–H and O–H groups in total. The van der Waals surface area contributed by atoms with Crippen LogP contribution in [0.15, 0.2) is 48.5 Å². The largest absolute Gasteiger partial charge is 0.363 e. The van der Waals surface area contributed by atoms with Crippen molar-refractivity contribution < 1.29 is 4.79 Å². The van der Waals surface area contributed by atoms with Gasteiger partial charge < -0.3 is 15.1 Å². The number of anilines is 1. The molecular weight excluding hydrogens is 324 g/mol. The van der Waals surface area contributed by atoms with E-state index in [2.05, 4.69) is 16.4 Å². The topological polar surface area (TPSA) is 48.5 Å². The number of amides is 1. The highest BCUT2D eigenvalue weighted by Gasteiger charge is 2.23. The Hall–Kier alpha value is -2.40. The number of aromatic nitrogens is 1. The van der Waals surface area contributed by atoms with Gasteiger partial charge in [-0.3, -0.25) is 4.79 Å². The van der Waals surface area contributed by atoms with Crippen LogP contribution in [0.4, 0.5) is 5.82 Å². The third-order valence-electron chi connectivity index (χ3n) is 4.91. The fraction of sp³-hybridized carbons (Fsp3) is 0.429. The molecule has 1 fully saturated rings. The van der Waals surface area contributed by atoms with Crippen molar-refractivity contribution in [1.82, 2.24) is 15.2 Å². The fourth-order valence-corrected chi connectivity index (χ4v) is 3.32. The second-order valence-electron chi connectivity index (χ2n) is 7.11. The van der Waals surface area contributed by atoms with E-state index in [0.29, 0.717) is 5.92 Å². The Morgan fingerprint density at radius 3 is 2.54 bits per heavy atom. The molecule has 1 aromatic heterocycles. The second-order valence-corrected chi connectivity index (χ2v) is 7.11. The van der Waals surface area contributed by atoms with Crippen LogP contribution < -0.4 is 10.2 Å². The molecule has 138 valence electrons. The summed E-state index contributed by atoms with van der Waals surface area (Å²) in [7, 11) is 4.01. The van der Waals surface area contributed by atoms with Crippen LogP contribution in [0.25, 0.3) is 0 Å². The molecule has 2 aromatic rings. The molecule has 0 bridgehead atoms. The van der Waals surface area contributed by atoms with E-state index in [1.54, 1.807) is 0 Å². The van der Waals surface area contributed by atoms with E-state index in [4.69, 9.17) is 0 Å². The van der Waals surface area contributed by atoms with Crippen LogP contribution in [0.3, 0.4) is 0 Å². The molecule has 5 heteroatoms. The predicted molar refractivity (Wildman–Crippen MR) is 105 cm³/mol. The zero-order valence-corrected chi connectivity index (χ0v) is 15.7. The first-order valence-electron chi connectivity index (χ1n) is 9.32.